The molecule has 0 spiro atoms. The van der Waals surface area contributed by atoms with Crippen LogP contribution in [0.2, 0.25) is 0 Å². The monoisotopic (exact) mass is 311 g/mol. The smallest absolute Gasteiger partial charge is 0.400 e. The van der Waals surface area contributed by atoms with Gasteiger partial charge in [0.1, 0.15) is 11.5 Å². The maximum atomic E-state index is 12.0. The molecule has 2 heterocycles. The summed E-state index contributed by atoms with van der Waals surface area (Å²) in [6.45, 7) is 14.8. The van der Waals surface area contributed by atoms with E-state index >= 15 is 0 Å². The van der Waals surface area contributed by atoms with Gasteiger partial charge >= 0.3 is 12.2 Å². The van der Waals surface area contributed by atoms with Crippen molar-refractivity contribution in [3.05, 3.63) is 16.5 Å². The van der Waals surface area contributed by atoms with Gasteiger partial charge in [-0.1, -0.05) is 11.1 Å². The fourth-order valence-electron chi connectivity index (χ4n) is 2.32. The Bertz CT molecular complexity index is 466. The Balaban J connectivity index is 1.97. The van der Waals surface area contributed by atoms with Crippen molar-refractivity contribution in [2.75, 3.05) is 13.1 Å². The largest absolute Gasteiger partial charge is 0.490 e. The third kappa shape index (κ3) is 3.63. The van der Waals surface area contributed by atoms with Crippen LogP contribution in [0.5, 0.6) is 0 Å². The van der Waals surface area contributed by atoms with Crippen LogP contribution in [-0.2, 0) is 14.1 Å². The van der Waals surface area contributed by atoms with E-state index in [4.69, 9.17) is 14.1 Å². The van der Waals surface area contributed by atoms with Crippen LogP contribution in [0.1, 0.15) is 54.9 Å². The van der Waals surface area contributed by atoms with Crippen LogP contribution in [-0.4, -0.2) is 47.1 Å². The SMILES string of the molecule is CC(C)(C)O[N+](=O)N1CC=C(B2OC(C)(C)C(C)(C)O2)CC1. The van der Waals surface area contributed by atoms with Crippen molar-refractivity contribution in [1.82, 2.24) is 5.01 Å². The van der Waals surface area contributed by atoms with Gasteiger partial charge in [-0.2, -0.15) is 4.84 Å². The Kier molecular flexibility index (Phi) is 4.34. The van der Waals surface area contributed by atoms with Crippen molar-refractivity contribution in [1.29, 1.82) is 0 Å². The maximum absolute atomic E-state index is 12.0. The van der Waals surface area contributed by atoms with Crippen molar-refractivity contribution < 1.29 is 19.2 Å². The van der Waals surface area contributed by atoms with Crippen LogP contribution in [0.3, 0.4) is 0 Å². The van der Waals surface area contributed by atoms with Gasteiger partial charge in [-0.3, -0.25) is 0 Å². The molecule has 6 nitrogen and oxygen atoms in total. The fraction of sp³-hybridized carbons (Fsp3) is 0.867. The van der Waals surface area contributed by atoms with E-state index in [2.05, 4.69) is 0 Å². The predicted octanol–water partition coefficient (Wildman–Crippen LogP) is 2.67. The molecule has 22 heavy (non-hydrogen) atoms. The first kappa shape index (κ1) is 17.3. The minimum absolute atomic E-state index is 0.323. The van der Waals surface area contributed by atoms with Crippen molar-refractivity contribution in [2.45, 2.75) is 71.7 Å². The lowest BCUT2D eigenvalue weighted by Gasteiger charge is -2.32. The normalized spacial score (nSPS) is 24.2. The van der Waals surface area contributed by atoms with Crippen LogP contribution < -0.4 is 0 Å². The fourth-order valence-corrected chi connectivity index (χ4v) is 2.32. The van der Waals surface area contributed by atoms with Gasteiger partial charge in [-0.15, -0.1) is 0 Å². The van der Waals surface area contributed by atoms with E-state index < -0.39 is 5.60 Å². The van der Waals surface area contributed by atoms with Crippen LogP contribution in [0, 0.1) is 4.91 Å². The molecule has 124 valence electrons. The first-order valence-electron chi connectivity index (χ1n) is 7.87. The lowest BCUT2D eigenvalue weighted by Crippen LogP contribution is -2.42. The van der Waals surface area contributed by atoms with Crippen LogP contribution in [0.4, 0.5) is 0 Å². The quantitative estimate of drug-likeness (QED) is 0.592. The highest BCUT2D eigenvalue weighted by Crippen LogP contribution is 2.39. The highest BCUT2D eigenvalue weighted by Gasteiger charge is 2.52. The first-order chi connectivity index (χ1) is 9.91. The van der Waals surface area contributed by atoms with E-state index in [1.807, 2.05) is 54.5 Å². The zero-order valence-electron chi connectivity index (χ0n) is 14.8. The molecule has 1 saturated heterocycles. The Morgan fingerprint density at radius 1 is 1.23 bits per heavy atom. The van der Waals surface area contributed by atoms with E-state index in [1.54, 1.807) is 5.01 Å². The molecule has 0 radical (unpaired) electrons. The highest BCUT2D eigenvalue weighted by atomic mass is 16.8. The van der Waals surface area contributed by atoms with Gasteiger partial charge in [-0.05, 0) is 60.4 Å². The summed E-state index contributed by atoms with van der Waals surface area (Å²) in [6, 6.07) is 0. The van der Waals surface area contributed by atoms with Crippen molar-refractivity contribution in [3.63, 3.8) is 0 Å². The van der Waals surface area contributed by atoms with Crippen LogP contribution >= 0.6 is 0 Å². The summed E-state index contributed by atoms with van der Waals surface area (Å²) < 4.78 is 12.1. The molecule has 0 aromatic heterocycles. The second-order valence-corrected chi connectivity index (χ2v) is 7.97. The molecule has 0 bridgehead atoms. The van der Waals surface area contributed by atoms with Gasteiger partial charge < -0.3 is 9.31 Å². The number of hydrazine groups is 1. The predicted molar refractivity (Wildman–Crippen MR) is 84.8 cm³/mol. The van der Waals surface area contributed by atoms with E-state index in [-0.39, 0.29) is 18.3 Å². The third-order valence-electron chi connectivity index (χ3n) is 4.36. The Morgan fingerprint density at radius 2 is 1.77 bits per heavy atom. The molecule has 7 heteroatoms. The number of hydrogen-bond acceptors (Lipinski definition) is 4. The Hall–Kier alpha value is -1.08. The molecule has 2 aliphatic heterocycles. The zero-order chi connectivity index (χ0) is 16.8. The third-order valence-corrected chi connectivity index (χ3v) is 4.36. The molecule has 0 atom stereocenters. The number of rotatable bonds is 3. The highest BCUT2D eigenvalue weighted by molar-refractivity contribution is 6.54. The van der Waals surface area contributed by atoms with Crippen LogP contribution in [0.15, 0.2) is 11.5 Å². The summed E-state index contributed by atoms with van der Waals surface area (Å²) in [7, 11) is -0.323. The van der Waals surface area contributed by atoms with E-state index in [9.17, 15) is 4.91 Å². The summed E-state index contributed by atoms with van der Waals surface area (Å²) in [5, 5.41) is 2.22. The topological polar surface area (TPSA) is 51.0 Å². The molecule has 0 aromatic carbocycles. The van der Waals surface area contributed by atoms with Gasteiger partial charge in [0.15, 0.2) is 5.60 Å². The van der Waals surface area contributed by atoms with Gasteiger partial charge in [0.05, 0.1) is 17.7 Å². The van der Waals surface area contributed by atoms with Gasteiger partial charge in [0.2, 0.25) is 0 Å². The minimum atomic E-state index is -0.503. The molecule has 1 fully saturated rings. The van der Waals surface area contributed by atoms with Crippen molar-refractivity contribution in [2.24, 2.45) is 0 Å². The molecule has 2 aliphatic rings. The van der Waals surface area contributed by atoms with Crippen LogP contribution in [0.25, 0.3) is 0 Å². The molecular formula is C15H28BN2O4+. The Morgan fingerprint density at radius 3 is 2.18 bits per heavy atom. The summed E-state index contributed by atoms with van der Waals surface area (Å²) in [6.07, 6.45) is 2.73. The second kappa shape index (κ2) is 5.53. The summed E-state index contributed by atoms with van der Waals surface area (Å²) in [4.78, 5) is 17.3. The number of nitrogens with zero attached hydrogens (tertiary/aromatic N) is 2. The molecule has 2 rings (SSSR count). The lowest BCUT2D eigenvalue weighted by molar-refractivity contribution is -0.922. The van der Waals surface area contributed by atoms with Crippen molar-refractivity contribution >= 4 is 7.12 Å². The van der Waals surface area contributed by atoms with E-state index in [0.29, 0.717) is 18.1 Å². The summed E-state index contributed by atoms with van der Waals surface area (Å²) in [5.41, 5.74) is -0.0816. The average Bonchev–Trinajstić information content (AvgIpc) is 2.56. The second-order valence-electron chi connectivity index (χ2n) is 7.97. The van der Waals surface area contributed by atoms with E-state index in [0.717, 1.165) is 11.9 Å². The molecule has 0 aliphatic carbocycles. The van der Waals surface area contributed by atoms with Gasteiger partial charge in [-0.25, -0.2) is 0 Å². The van der Waals surface area contributed by atoms with Gasteiger partial charge in [0, 0.05) is 0 Å². The molecule has 0 N–H and O–H groups in total. The lowest BCUT2D eigenvalue weighted by atomic mass is 9.75. The first-order valence-corrected chi connectivity index (χ1v) is 7.87. The minimum Gasteiger partial charge on any atom is -0.400 e. The summed E-state index contributed by atoms with van der Waals surface area (Å²) >= 11 is 0. The standard InChI is InChI=1S/C15H28BN2O4/c1-13(2,3)22-18(19)17-10-8-12(9-11-17)16-20-14(4,5)15(6,7)21-16/h8H,9-11H2,1-7H3/q+1. The van der Waals surface area contributed by atoms with Gasteiger partial charge in [0.25, 0.3) is 0 Å². The zero-order valence-corrected chi connectivity index (χ0v) is 14.8. The molecular weight excluding hydrogens is 283 g/mol. The molecule has 0 amide bonds. The number of hydrogen-bond donors (Lipinski definition) is 0. The Labute approximate surface area is 133 Å². The molecule has 0 unspecified atom stereocenters. The maximum Gasteiger partial charge on any atom is 0.490 e. The molecule has 0 saturated carbocycles. The van der Waals surface area contributed by atoms with Crippen molar-refractivity contribution in [3.8, 4) is 0 Å². The molecule has 0 aromatic rings. The van der Waals surface area contributed by atoms with E-state index in [1.165, 1.54) is 0 Å². The summed E-state index contributed by atoms with van der Waals surface area (Å²) in [5.74, 6) is 0. The average molecular weight is 311 g/mol.